The molecular weight excluding hydrogens is 550 g/mol. The summed E-state index contributed by atoms with van der Waals surface area (Å²) in [7, 11) is 4.96. The van der Waals surface area contributed by atoms with Gasteiger partial charge in [0, 0.05) is 31.9 Å². The molecule has 1 amide bonds. The molecule has 0 spiro atoms. The number of fused-ring (bicyclic) bond motifs is 1. The lowest BCUT2D eigenvalue weighted by atomic mass is 9.97. The topological polar surface area (TPSA) is 58.6 Å². The molecule has 0 radical (unpaired) electrons. The van der Waals surface area contributed by atoms with Crippen molar-refractivity contribution in [1.82, 2.24) is 19.8 Å². The number of halogens is 6. The van der Waals surface area contributed by atoms with Gasteiger partial charge >= 0.3 is 18.4 Å². The van der Waals surface area contributed by atoms with E-state index in [2.05, 4.69) is 9.97 Å². The van der Waals surface area contributed by atoms with Crippen molar-refractivity contribution in [2.45, 2.75) is 18.9 Å². The number of hydrogen-bond acceptors (Lipinski definition) is 5. The van der Waals surface area contributed by atoms with Crippen molar-refractivity contribution in [1.29, 1.82) is 0 Å². The van der Waals surface area contributed by atoms with E-state index in [-0.39, 0.29) is 29.9 Å². The first-order valence-corrected chi connectivity index (χ1v) is 12.4. The number of likely N-dealkylation sites (N-methyl/N-ethyl adjacent to an activating group) is 1. The van der Waals surface area contributed by atoms with E-state index in [0.717, 1.165) is 15.7 Å². The fraction of sp³-hybridized carbons (Fsp3) is 0.276. The van der Waals surface area contributed by atoms with Gasteiger partial charge in [-0.05, 0) is 54.2 Å². The Morgan fingerprint density at radius 3 is 2.12 bits per heavy atom. The van der Waals surface area contributed by atoms with E-state index >= 15 is 0 Å². The molecule has 0 aliphatic heterocycles. The predicted molar refractivity (Wildman–Crippen MR) is 141 cm³/mol. The number of benzene rings is 3. The van der Waals surface area contributed by atoms with Gasteiger partial charge in [-0.25, -0.2) is 4.98 Å². The Bertz CT molecular complexity index is 1520. The highest BCUT2D eigenvalue weighted by Gasteiger charge is 2.37. The maximum Gasteiger partial charge on any atom is 0.416 e. The maximum absolute atomic E-state index is 13.7. The monoisotopic (exact) mass is 576 g/mol. The van der Waals surface area contributed by atoms with Gasteiger partial charge in [0.2, 0.25) is 0 Å². The number of alkyl halides is 6. The Morgan fingerprint density at radius 1 is 0.854 bits per heavy atom. The third-order valence-corrected chi connectivity index (χ3v) is 6.23. The van der Waals surface area contributed by atoms with Crippen molar-refractivity contribution in [3.63, 3.8) is 0 Å². The SMILES string of the molecule is CN(C)CCOc1ncc(-c2cccc3ccccc23)c(C(=O)N(C)Cc2cc(C(F)(F)F)cc(C(F)(F)F)c2)n1. The van der Waals surface area contributed by atoms with Gasteiger partial charge in [-0.15, -0.1) is 0 Å². The molecule has 41 heavy (non-hydrogen) atoms. The summed E-state index contributed by atoms with van der Waals surface area (Å²) >= 11 is 0. The summed E-state index contributed by atoms with van der Waals surface area (Å²) in [4.78, 5) is 25.2. The lowest BCUT2D eigenvalue weighted by molar-refractivity contribution is -0.143. The summed E-state index contributed by atoms with van der Waals surface area (Å²) < 4.78 is 85.9. The fourth-order valence-electron chi connectivity index (χ4n) is 4.21. The lowest BCUT2D eigenvalue weighted by Gasteiger charge is -2.21. The van der Waals surface area contributed by atoms with Gasteiger partial charge in [0.25, 0.3) is 5.91 Å². The van der Waals surface area contributed by atoms with Crippen LogP contribution in [-0.2, 0) is 18.9 Å². The summed E-state index contributed by atoms with van der Waals surface area (Å²) in [6.45, 7) is 0.213. The molecule has 216 valence electrons. The van der Waals surface area contributed by atoms with Crippen LogP contribution in [0.4, 0.5) is 26.3 Å². The summed E-state index contributed by atoms with van der Waals surface area (Å²) in [6, 6.07) is 14.0. The van der Waals surface area contributed by atoms with Crippen LogP contribution in [0.1, 0.15) is 27.2 Å². The molecule has 0 saturated carbocycles. The number of hydrogen-bond donors (Lipinski definition) is 0. The summed E-state index contributed by atoms with van der Waals surface area (Å²) in [6.07, 6.45) is -8.59. The van der Waals surface area contributed by atoms with Gasteiger partial charge in [-0.3, -0.25) is 4.79 Å². The highest BCUT2D eigenvalue weighted by Crippen LogP contribution is 2.37. The van der Waals surface area contributed by atoms with Crippen molar-refractivity contribution in [3.8, 4) is 17.1 Å². The average molecular weight is 577 g/mol. The fourth-order valence-corrected chi connectivity index (χ4v) is 4.21. The molecular formula is C29H26F6N4O2. The molecule has 0 atom stereocenters. The Balaban J connectivity index is 1.75. The van der Waals surface area contributed by atoms with Crippen molar-refractivity contribution in [2.24, 2.45) is 0 Å². The highest BCUT2D eigenvalue weighted by molar-refractivity contribution is 6.04. The second-order valence-corrected chi connectivity index (χ2v) is 9.67. The van der Waals surface area contributed by atoms with E-state index in [1.54, 1.807) is 12.1 Å². The number of nitrogens with zero attached hydrogens (tertiary/aromatic N) is 4. The van der Waals surface area contributed by atoms with Crippen LogP contribution in [0.2, 0.25) is 0 Å². The Kier molecular flexibility index (Phi) is 8.52. The molecule has 1 aromatic heterocycles. The van der Waals surface area contributed by atoms with E-state index < -0.39 is 35.9 Å². The number of ether oxygens (including phenoxy) is 1. The van der Waals surface area contributed by atoms with Gasteiger partial charge in [0.05, 0.1) is 11.1 Å². The number of carbonyl (C=O) groups is 1. The van der Waals surface area contributed by atoms with Crippen LogP contribution in [0.25, 0.3) is 21.9 Å². The van der Waals surface area contributed by atoms with Gasteiger partial charge in [-0.2, -0.15) is 31.3 Å². The predicted octanol–water partition coefficient (Wildman–Crippen LogP) is 6.55. The first-order valence-electron chi connectivity index (χ1n) is 12.4. The minimum atomic E-state index is -5.01. The number of amides is 1. The van der Waals surface area contributed by atoms with E-state index in [1.807, 2.05) is 49.3 Å². The smallest absolute Gasteiger partial charge is 0.416 e. The van der Waals surface area contributed by atoms with Crippen LogP contribution < -0.4 is 4.74 Å². The molecule has 0 bridgehead atoms. The van der Waals surface area contributed by atoms with Gasteiger partial charge in [0.1, 0.15) is 12.3 Å². The quantitative estimate of drug-likeness (QED) is 0.223. The molecule has 12 heteroatoms. The molecule has 6 nitrogen and oxygen atoms in total. The number of carbonyl (C=O) groups excluding carboxylic acids is 1. The van der Waals surface area contributed by atoms with Crippen molar-refractivity contribution >= 4 is 16.7 Å². The summed E-state index contributed by atoms with van der Waals surface area (Å²) in [5.41, 5.74) is -2.42. The minimum Gasteiger partial charge on any atom is -0.462 e. The van der Waals surface area contributed by atoms with Gasteiger partial charge in [-0.1, -0.05) is 42.5 Å². The molecule has 0 aliphatic carbocycles. The molecule has 0 unspecified atom stereocenters. The van der Waals surface area contributed by atoms with E-state index in [9.17, 15) is 31.1 Å². The molecule has 4 aromatic rings. The van der Waals surface area contributed by atoms with Crippen molar-refractivity contribution in [2.75, 3.05) is 34.3 Å². The molecule has 0 fully saturated rings. The van der Waals surface area contributed by atoms with Crippen LogP contribution in [-0.4, -0.2) is 60.0 Å². The Labute approximate surface area is 232 Å². The largest absolute Gasteiger partial charge is 0.462 e. The molecule has 1 heterocycles. The lowest BCUT2D eigenvalue weighted by Crippen LogP contribution is -2.28. The maximum atomic E-state index is 13.7. The number of rotatable bonds is 8. The van der Waals surface area contributed by atoms with Crippen LogP contribution in [0.15, 0.2) is 66.9 Å². The molecule has 4 rings (SSSR count). The Morgan fingerprint density at radius 2 is 1.49 bits per heavy atom. The van der Waals surface area contributed by atoms with E-state index in [0.29, 0.717) is 29.8 Å². The van der Waals surface area contributed by atoms with Gasteiger partial charge < -0.3 is 14.5 Å². The zero-order valence-electron chi connectivity index (χ0n) is 22.3. The van der Waals surface area contributed by atoms with E-state index in [4.69, 9.17) is 4.74 Å². The highest BCUT2D eigenvalue weighted by atomic mass is 19.4. The zero-order valence-corrected chi connectivity index (χ0v) is 22.3. The van der Waals surface area contributed by atoms with Crippen LogP contribution in [0, 0.1) is 0 Å². The first kappa shape index (κ1) is 29.8. The minimum absolute atomic E-state index is 0.0473. The molecule has 0 N–H and O–H groups in total. The third kappa shape index (κ3) is 7.12. The van der Waals surface area contributed by atoms with Gasteiger partial charge in [0.15, 0.2) is 0 Å². The number of aromatic nitrogens is 2. The second-order valence-electron chi connectivity index (χ2n) is 9.67. The second kappa shape index (κ2) is 11.7. The van der Waals surface area contributed by atoms with Crippen LogP contribution in [0.3, 0.4) is 0 Å². The third-order valence-electron chi connectivity index (χ3n) is 6.23. The first-order chi connectivity index (χ1) is 19.2. The van der Waals surface area contributed by atoms with Crippen molar-refractivity contribution < 1.29 is 35.9 Å². The zero-order chi connectivity index (χ0) is 29.9. The molecule has 0 aliphatic rings. The van der Waals surface area contributed by atoms with E-state index in [1.165, 1.54) is 13.2 Å². The average Bonchev–Trinajstić information content (AvgIpc) is 2.91. The van der Waals surface area contributed by atoms with Crippen LogP contribution >= 0.6 is 0 Å². The summed E-state index contributed by atoms with van der Waals surface area (Å²) in [5.74, 6) is -0.737. The van der Waals surface area contributed by atoms with Crippen molar-refractivity contribution in [3.05, 3.63) is 89.2 Å². The van der Waals surface area contributed by atoms with Crippen LogP contribution in [0.5, 0.6) is 6.01 Å². The molecule has 3 aromatic carbocycles. The normalized spacial score (nSPS) is 12.1. The Hall–Kier alpha value is -4.19. The molecule has 0 saturated heterocycles. The summed E-state index contributed by atoms with van der Waals surface area (Å²) in [5, 5.41) is 1.68. The standard InChI is InChI=1S/C29H26F6N4O2/c1-38(2)11-12-41-27-36-16-24(23-10-6-8-19-7-4-5-9-22(19)23)25(37-27)26(40)39(3)17-18-13-20(28(30,31)32)15-21(14-18)29(33,34)35/h4-10,13-16H,11-12,17H2,1-3H3.